The molecule has 0 aliphatic heterocycles. The molecule has 4 aromatic heterocycles. The van der Waals surface area contributed by atoms with E-state index in [-0.39, 0.29) is 5.88 Å². The third kappa shape index (κ3) is 3.66. The van der Waals surface area contributed by atoms with Gasteiger partial charge in [-0.25, -0.2) is 13.8 Å². The predicted molar refractivity (Wildman–Crippen MR) is 111 cm³/mol. The second kappa shape index (κ2) is 7.66. The molecular weight excluding hydrogens is 390 g/mol. The van der Waals surface area contributed by atoms with Crippen molar-refractivity contribution in [1.82, 2.24) is 24.7 Å². The van der Waals surface area contributed by atoms with Crippen LogP contribution in [-0.4, -0.2) is 42.0 Å². The lowest BCUT2D eigenvalue weighted by molar-refractivity contribution is 0.121. The van der Waals surface area contributed by atoms with E-state index in [0.717, 1.165) is 22.2 Å². The first-order chi connectivity index (χ1) is 14.3. The summed E-state index contributed by atoms with van der Waals surface area (Å²) in [6.45, 7) is 4.92. The summed E-state index contributed by atoms with van der Waals surface area (Å²) in [5.41, 5.74) is 4.89. The largest absolute Gasteiger partial charge is 0.494 e. The van der Waals surface area contributed by atoms with E-state index in [2.05, 4.69) is 25.0 Å². The van der Waals surface area contributed by atoms with Crippen LogP contribution < -0.4 is 0 Å². The zero-order valence-electron chi connectivity index (χ0n) is 16.7. The van der Waals surface area contributed by atoms with Crippen molar-refractivity contribution >= 4 is 22.4 Å². The molecular formula is C21H20F2N6O. The molecule has 0 amide bonds. The van der Waals surface area contributed by atoms with E-state index in [4.69, 9.17) is 0 Å². The van der Waals surface area contributed by atoms with E-state index < -0.39 is 13.0 Å². The molecule has 4 heterocycles. The van der Waals surface area contributed by atoms with Gasteiger partial charge in [0.05, 0.1) is 28.7 Å². The van der Waals surface area contributed by atoms with Crippen LogP contribution in [0.5, 0.6) is 5.88 Å². The Kier molecular flexibility index (Phi) is 5.03. The molecule has 154 valence electrons. The fourth-order valence-corrected chi connectivity index (χ4v) is 3.42. The maximum absolute atomic E-state index is 12.7. The van der Waals surface area contributed by atoms with Crippen molar-refractivity contribution in [2.75, 3.05) is 0 Å². The summed E-state index contributed by atoms with van der Waals surface area (Å²) in [6, 6.07) is 5.40. The molecule has 0 radical (unpaired) electrons. The van der Waals surface area contributed by atoms with Crippen molar-refractivity contribution in [2.24, 2.45) is 4.99 Å². The number of aliphatic imine (C=N–C) groups is 1. The standard InChI is InChI=1S/C21H20F2N6O/c1-11-4-5-24-8-15(11)16-7-14-17(9-25-16)27-21(30)20(14)13(3)26-19-6-12(2)29(28-19)10-18(22)23/h4-9,18,27,30H,10H2,1-3H3. The molecule has 0 aliphatic rings. The van der Waals surface area contributed by atoms with Crippen molar-refractivity contribution in [3.63, 3.8) is 0 Å². The van der Waals surface area contributed by atoms with Crippen molar-refractivity contribution in [3.8, 4) is 17.1 Å². The second-order valence-corrected chi connectivity index (χ2v) is 7.07. The van der Waals surface area contributed by atoms with Gasteiger partial charge in [-0.3, -0.25) is 14.6 Å². The van der Waals surface area contributed by atoms with Crippen LogP contribution in [0.4, 0.5) is 14.6 Å². The average molecular weight is 410 g/mol. The Morgan fingerprint density at radius 1 is 1.27 bits per heavy atom. The lowest BCUT2D eigenvalue weighted by Gasteiger charge is -2.05. The van der Waals surface area contributed by atoms with Gasteiger partial charge in [-0.15, -0.1) is 0 Å². The molecule has 0 aromatic carbocycles. The normalized spacial score (nSPS) is 12.3. The van der Waals surface area contributed by atoms with Crippen LogP contribution in [0.15, 0.2) is 41.8 Å². The van der Waals surface area contributed by atoms with Gasteiger partial charge in [0.2, 0.25) is 0 Å². The molecule has 0 bridgehead atoms. The van der Waals surface area contributed by atoms with Gasteiger partial charge >= 0.3 is 0 Å². The smallest absolute Gasteiger partial charge is 0.257 e. The van der Waals surface area contributed by atoms with E-state index >= 15 is 0 Å². The fourth-order valence-electron chi connectivity index (χ4n) is 3.42. The Morgan fingerprint density at radius 2 is 2.07 bits per heavy atom. The molecule has 4 rings (SSSR count). The van der Waals surface area contributed by atoms with Gasteiger partial charge < -0.3 is 10.1 Å². The Bertz CT molecular complexity index is 1260. The molecule has 0 atom stereocenters. The highest BCUT2D eigenvalue weighted by molar-refractivity contribution is 6.13. The maximum Gasteiger partial charge on any atom is 0.257 e. The van der Waals surface area contributed by atoms with Gasteiger partial charge in [-0.1, -0.05) is 0 Å². The molecule has 0 spiro atoms. The first-order valence-electron chi connectivity index (χ1n) is 9.33. The van der Waals surface area contributed by atoms with Crippen LogP contribution in [0.3, 0.4) is 0 Å². The average Bonchev–Trinajstić information content (AvgIpc) is 3.19. The molecule has 4 aromatic rings. The van der Waals surface area contributed by atoms with E-state index in [1.807, 2.05) is 19.1 Å². The number of hydrogen-bond acceptors (Lipinski definition) is 5. The number of fused-ring (bicyclic) bond motifs is 1. The minimum Gasteiger partial charge on any atom is -0.494 e. The van der Waals surface area contributed by atoms with Crippen molar-refractivity contribution in [3.05, 3.63) is 53.6 Å². The van der Waals surface area contributed by atoms with Crippen molar-refractivity contribution in [1.29, 1.82) is 0 Å². The third-order valence-electron chi connectivity index (χ3n) is 4.90. The maximum atomic E-state index is 12.7. The summed E-state index contributed by atoms with van der Waals surface area (Å²) in [7, 11) is 0. The summed E-state index contributed by atoms with van der Waals surface area (Å²) in [6.07, 6.45) is 2.61. The molecule has 0 fully saturated rings. The monoisotopic (exact) mass is 410 g/mol. The number of aromatic nitrogens is 5. The molecule has 0 saturated carbocycles. The van der Waals surface area contributed by atoms with Crippen LogP contribution in [-0.2, 0) is 6.54 Å². The lowest BCUT2D eigenvalue weighted by atomic mass is 10.0. The van der Waals surface area contributed by atoms with Crippen LogP contribution in [0.25, 0.3) is 22.2 Å². The number of halogens is 2. The third-order valence-corrected chi connectivity index (χ3v) is 4.90. The van der Waals surface area contributed by atoms with Crippen molar-refractivity contribution < 1.29 is 13.9 Å². The molecule has 0 saturated heterocycles. The second-order valence-electron chi connectivity index (χ2n) is 7.07. The van der Waals surface area contributed by atoms with Gasteiger partial charge in [0.15, 0.2) is 11.7 Å². The number of aromatic hydroxyl groups is 1. The van der Waals surface area contributed by atoms with Gasteiger partial charge in [0, 0.05) is 35.1 Å². The number of alkyl halides is 2. The number of nitrogens with one attached hydrogen (secondary N) is 1. The Balaban J connectivity index is 1.78. The Hall–Kier alpha value is -3.62. The van der Waals surface area contributed by atoms with E-state index in [9.17, 15) is 13.9 Å². The summed E-state index contributed by atoms with van der Waals surface area (Å²) < 4.78 is 26.6. The van der Waals surface area contributed by atoms with E-state index in [0.29, 0.717) is 28.3 Å². The molecule has 2 N–H and O–H groups in total. The lowest BCUT2D eigenvalue weighted by Crippen LogP contribution is -2.09. The minimum atomic E-state index is -2.50. The molecule has 30 heavy (non-hydrogen) atoms. The number of pyridine rings is 2. The van der Waals surface area contributed by atoms with E-state index in [1.54, 1.807) is 38.5 Å². The topological polar surface area (TPSA) is 92.0 Å². The van der Waals surface area contributed by atoms with Crippen LogP contribution in [0.2, 0.25) is 0 Å². The van der Waals surface area contributed by atoms with Crippen LogP contribution in [0, 0.1) is 13.8 Å². The highest BCUT2D eigenvalue weighted by Crippen LogP contribution is 2.32. The molecule has 9 heteroatoms. The first-order valence-corrected chi connectivity index (χ1v) is 9.33. The quantitative estimate of drug-likeness (QED) is 0.472. The summed E-state index contributed by atoms with van der Waals surface area (Å²) in [4.78, 5) is 16.0. The SMILES string of the molecule is CC(=Nc1cc(C)n(CC(F)F)n1)c1c(O)[nH]c2cnc(-c3cnccc3C)cc12. The Labute approximate surface area is 171 Å². The zero-order chi connectivity index (χ0) is 21.4. The number of rotatable bonds is 5. The molecule has 7 nitrogen and oxygen atoms in total. The fraction of sp³-hybridized carbons (Fsp3) is 0.238. The van der Waals surface area contributed by atoms with Gasteiger partial charge in [0.25, 0.3) is 6.43 Å². The first kappa shape index (κ1) is 19.7. The van der Waals surface area contributed by atoms with Gasteiger partial charge in [-0.2, -0.15) is 5.10 Å². The Morgan fingerprint density at radius 3 is 2.80 bits per heavy atom. The summed E-state index contributed by atoms with van der Waals surface area (Å²) in [5, 5.41) is 15.3. The number of nitrogens with zero attached hydrogens (tertiary/aromatic N) is 5. The summed E-state index contributed by atoms with van der Waals surface area (Å²) in [5.74, 6) is 0.258. The van der Waals surface area contributed by atoms with Crippen LogP contribution >= 0.6 is 0 Å². The molecule has 0 unspecified atom stereocenters. The van der Waals surface area contributed by atoms with E-state index in [1.165, 1.54) is 4.68 Å². The number of hydrogen-bond donors (Lipinski definition) is 2. The number of aryl methyl sites for hydroxylation is 2. The number of H-pyrrole nitrogens is 1. The highest BCUT2D eigenvalue weighted by atomic mass is 19.3. The minimum absolute atomic E-state index is 0.0446. The zero-order valence-corrected chi connectivity index (χ0v) is 16.7. The van der Waals surface area contributed by atoms with Gasteiger partial charge in [-0.05, 0) is 38.5 Å². The van der Waals surface area contributed by atoms with Gasteiger partial charge in [0.1, 0.15) is 6.54 Å². The predicted octanol–water partition coefficient (Wildman–Crippen LogP) is 4.55. The highest BCUT2D eigenvalue weighted by Gasteiger charge is 2.17. The molecule has 0 aliphatic carbocycles. The van der Waals surface area contributed by atoms with Crippen LogP contribution in [0.1, 0.15) is 23.7 Å². The van der Waals surface area contributed by atoms with Crippen molar-refractivity contribution in [2.45, 2.75) is 33.7 Å². The summed E-state index contributed by atoms with van der Waals surface area (Å²) >= 11 is 0. The number of aromatic amines is 1.